The second kappa shape index (κ2) is 42.4. The Bertz CT molecular complexity index is 5980. The number of imidazole rings is 3. The molecule has 32 nitrogen and oxygen atoms in total. The number of halogens is 6. The number of piperazine rings is 1. The molecular formula is C87H85Cl6N25O7. The summed E-state index contributed by atoms with van der Waals surface area (Å²) < 4.78 is 9.89. The Morgan fingerprint density at radius 3 is 1.21 bits per heavy atom. The van der Waals surface area contributed by atoms with Crippen LogP contribution in [0.1, 0.15) is 107 Å². The van der Waals surface area contributed by atoms with E-state index in [4.69, 9.17) is 84.3 Å². The molecule has 642 valence electrons. The maximum Gasteiger partial charge on any atom is 0.244 e. The van der Waals surface area contributed by atoms with Crippen LogP contribution < -0.4 is 16.0 Å². The second-order valence-electron chi connectivity index (χ2n) is 29.5. The molecule has 0 radical (unpaired) electrons. The molecule has 6 N–H and O–H groups in total. The third-order valence-electron chi connectivity index (χ3n) is 20.4. The number of H-pyrrole nitrogens is 3. The number of carbonyl (C=O) groups is 6. The first-order valence-electron chi connectivity index (χ1n) is 39.4. The number of benzene rings is 7. The zero-order valence-electron chi connectivity index (χ0n) is 68.4. The van der Waals surface area contributed by atoms with E-state index in [2.05, 4.69) is 87.4 Å². The third kappa shape index (κ3) is 24.1. The summed E-state index contributed by atoms with van der Waals surface area (Å²) in [5.74, 6) is -0.614. The molecule has 15 rings (SSSR count). The van der Waals surface area contributed by atoms with E-state index in [1.807, 2.05) is 136 Å². The molecule has 2 saturated heterocycles. The molecule has 0 unspecified atom stereocenters. The summed E-state index contributed by atoms with van der Waals surface area (Å²) in [6, 6.07) is 46.2. The fourth-order valence-corrected chi connectivity index (χ4v) is 15.0. The Labute approximate surface area is 748 Å². The standard InChI is InChI=1S/C31H28Cl2N8O2.C28H29Cl2N9O2.C28H28Cl2N8O3/c1-20-8-10-22(11-9-20)29-30(33)37-31(36-29)25(17-28(43)40(2)18-21-6-4-3-5-7-21)35-27(42)15-12-23-16-24(32)13-14-26(23)41-19-34-38-39-41;1-18-3-5-19(6-4-18)26-27(30)34-28(33-26)22(16-25(41)38-13-11-37(2)12-14-38)32-24(40)10-7-20-15-21(29)8-9-23(20)39-17-31-35-36-39;1-17-5-7-18(8-6-17)26-27(30)34-28(33-26)21(15-24(40)37-13-3-4-25(37)41-2)32-23(39)12-9-19-14-20(29)10-11-22(19)38-16-31-35-36-38/h3-16,19,25H,17-18H2,1-2H3,(H,35,42)(H,36,37);3-10,15,17,22H,11-14,16H2,1-2H3,(H,32,40)(H,33,34);5-12,14,16,21,25H,3-4,13,15H2,1-2H3,(H,32,39)(H,33,34)/b15-12+;10-7+;12-9+/t25-;22-;21-,25+/m000/s1. The van der Waals surface area contributed by atoms with Gasteiger partial charge in [0, 0.05) is 120 Å². The summed E-state index contributed by atoms with van der Waals surface area (Å²) >= 11 is 38.3. The number of rotatable bonds is 27. The number of aryl methyl sites for hydroxylation is 3. The number of hydrogen-bond acceptors (Lipinski definition) is 20. The molecule has 6 aromatic heterocycles. The van der Waals surface area contributed by atoms with Crippen molar-refractivity contribution in [3.05, 3.63) is 282 Å². The number of nitrogens with one attached hydrogen (secondary N) is 6. The maximum absolute atomic E-state index is 13.4. The van der Waals surface area contributed by atoms with E-state index < -0.39 is 35.8 Å². The maximum atomic E-state index is 13.4. The number of aromatic amines is 3. The highest BCUT2D eigenvalue weighted by atomic mass is 35.5. The van der Waals surface area contributed by atoms with Crippen molar-refractivity contribution in [2.45, 2.75) is 83.8 Å². The number of carbonyl (C=O) groups excluding carboxylic acids is 6. The summed E-state index contributed by atoms with van der Waals surface area (Å²) in [6.07, 6.45) is 14.5. The topological polar surface area (TPSA) is 378 Å². The van der Waals surface area contributed by atoms with Crippen molar-refractivity contribution in [1.82, 2.24) is 126 Å². The van der Waals surface area contributed by atoms with Gasteiger partial charge in [-0.1, -0.05) is 189 Å². The van der Waals surface area contributed by atoms with Gasteiger partial charge in [0.2, 0.25) is 35.4 Å². The lowest BCUT2D eigenvalue weighted by atomic mass is 10.1. The van der Waals surface area contributed by atoms with Crippen LogP contribution in [0.15, 0.2) is 195 Å². The molecule has 2 aliphatic rings. The Morgan fingerprint density at radius 1 is 0.480 bits per heavy atom. The monoisotopic (exact) mass is 1800 g/mol. The molecule has 13 aromatic rings. The van der Waals surface area contributed by atoms with Gasteiger partial charge >= 0.3 is 0 Å². The SMILES string of the molecule is CO[C@@H]1CCCN1C(=O)C[C@H](NC(=O)/C=C/c1cc(Cl)ccc1-n1cnnn1)c1nc(-c2ccc(C)cc2)c(Cl)[nH]1.Cc1ccc(-c2nc([C@H](CC(=O)N(C)Cc3ccccc3)NC(=O)/C=C/c3cc(Cl)ccc3-n3cnnn3)[nH]c2Cl)cc1.Cc1ccc(-c2nc([C@H](CC(=O)N3CCN(C)CC3)NC(=O)/C=C/c3cc(Cl)ccc3-n3cnnn3)[nH]c2Cl)cc1. The smallest absolute Gasteiger partial charge is 0.244 e. The second-order valence-corrected chi connectivity index (χ2v) is 31.9. The quantitative estimate of drug-likeness (QED) is 0.0260. The third-order valence-corrected chi connectivity index (χ3v) is 21.9. The van der Waals surface area contributed by atoms with Crippen LogP contribution in [-0.4, -0.2) is 206 Å². The van der Waals surface area contributed by atoms with Crippen molar-refractivity contribution >= 4 is 123 Å². The highest BCUT2D eigenvalue weighted by molar-refractivity contribution is 6.33. The Balaban J connectivity index is 0.000000161. The van der Waals surface area contributed by atoms with Gasteiger partial charge in [-0.15, -0.1) is 15.3 Å². The Kier molecular flexibility index (Phi) is 30.5. The van der Waals surface area contributed by atoms with Crippen LogP contribution in [-0.2, 0) is 40.0 Å². The van der Waals surface area contributed by atoms with Crippen molar-refractivity contribution in [2.24, 2.45) is 0 Å². The summed E-state index contributed by atoms with van der Waals surface area (Å²) in [7, 11) is 5.33. The average Bonchev–Trinajstić information content (AvgIpc) is 1.66. The van der Waals surface area contributed by atoms with E-state index in [0.29, 0.717) is 125 Å². The molecule has 2 fully saturated rings. The number of nitrogens with zero attached hydrogens (tertiary/aromatic N) is 19. The largest absolute Gasteiger partial charge is 0.362 e. The fraction of sp³-hybridized carbons (Fsp3) is 0.241. The van der Waals surface area contributed by atoms with Gasteiger partial charge < -0.3 is 55.2 Å². The van der Waals surface area contributed by atoms with Crippen LogP contribution in [0.25, 0.3) is 69.1 Å². The normalized spacial score (nSPS) is 14.2. The number of ether oxygens (including phenoxy) is 1. The molecule has 4 atom stereocenters. The van der Waals surface area contributed by atoms with E-state index in [1.54, 1.807) is 96.8 Å². The van der Waals surface area contributed by atoms with Crippen molar-refractivity contribution in [3.8, 4) is 50.8 Å². The van der Waals surface area contributed by atoms with Crippen LogP contribution in [0, 0.1) is 20.8 Å². The van der Waals surface area contributed by atoms with E-state index >= 15 is 0 Å². The highest BCUT2D eigenvalue weighted by Gasteiger charge is 2.34. The van der Waals surface area contributed by atoms with Gasteiger partial charge in [-0.05, 0) is 150 Å². The van der Waals surface area contributed by atoms with Gasteiger partial charge in [-0.25, -0.2) is 15.0 Å². The molecule has 6 amide bonds. The number of hydrogen-bond donors (Lipinski definition) is 6. The molecule has 0 spiro atoms. The number of likely N-dealkylation sites (tertiary alicyclic amines) is 1. The molecule has 2 aliphatic heterocycles. The van der Waals surface area contributed by atoms with Crippen molar-refractivity contribution < 1.29 is 33.5 Å². The van der Waals surface area contributed by atoms with Gasteiger partial charge in [-0.3, -0.25) is 28.8 Å². The summed E-state index contributed by atoms with van der Waals surface area (Å²) in [4.78, 5) is 110. The summed E-state index contributed by atoms with van der Waals surface area (Å²) in [5.41, 5.74) is 12.1. The zero-order chi connectivity index (χ0) is 88.2. The lowest BCUT2D eigenvalue weighted by Crippen LogP contribution is -2.48. The number of aromatic nitrogens is 18. The summed E-state index contributed by atoms with van der Waals surface area (Å²) in [5, 5.41) is 45.0. The van der Waals surface area contributed by atoms with Gasteiger partial charge in [0.05, 0.1) is 54.5 Å². The van der Waals surface area contributed by atoms with Gasteiger partial charge in [0.15, 0.2) is 0 Å². The molecule has 7 aromatic carbocycles. The Hall–Kier alpha value is -12.9. The molecular weight excluding hydrogens is 1720 g/mol. The zero-order valence-corrected chi connectivity index (χ0v) is 73.0. The lowest BCUT2D eigenvalue weighted by molar-refractivity contribution is -0.140. The first-order valence-corrected chi connectivity index (χ1v) is 41.7. The molecule has 8 heterocycles. The first-order chi connectivity index (χ1) is 60.3. The van der Waals surface area contributed by atoms with Crippen molar-refractivity contribution in [3.63, 3.8) is 0 Å². The minimum Gasteiger partial charge on any atom is -0.362 e. The van der Waals surface area contributed by atoms with E-state index in [0.717, 1.165) is 64.9 Å². The minimum atomic E-state index is -0.794. The average molecular weight is 1810 g/mol. The Morgan fingerprint density at radius 2 is 0.848 bits per heavy atom. The van der Waals surface area contributed by atoms with Crippen LogP contribution in [0.2, 0.25) is 30.5 Å². The van der Waals surface area contributed by atoms with Gasteiger partial charge in [0.25, 0.3) is 0 Å². The molecule has 125 heavy (non-hydrogen) atoms. The number of methoxy groups -OCH3 is 1. The van der Waals surface area contributed by atoms with Crippen LogP contribution >= 0.6 is 69.6 Å². The predicted molar refractivity (Wildman–Crippen MR) is 476 cm³/mol. The number of amides is 6. The van der Waals surface area contributed by atoms with Crippen LogP contribution in [0.5, 0.6) is 0 Å². The van der Waals surface area contributed by atoms with Gasteiger partial charge in [0.1, 0.15) is 75.2 Å². The van der Waals surface area contributed by atoms with Crippen LogP contribution in [0.3, 0.4) is 0 Å². The van der Waals surface area contributed by atoms with Crippen molar-refractivity contribution in [2.75, 3.05) is 53.9 Å². The first kappa shape index (κ1) is 89.8. The lowest BCUT2D eigenvalue weighted by Gasteiger charge is -2.33. The van der Waals surface area contributed by atoms with E-state index in [1.165, 1.54) is 51.3 Å². The van der Waals surface area contributed by atoms with Gasteiger partial charge in [-0.2, -0.15) is 14.0 Å². The van der Waals surface area contributed by atoms with E-state index in [-0.39, 0.29) is 43.2 Å². The summed E-state index contributed by atoms with van der Waals surface area (Å²) in [6.45, 7) is 9.82. The number of likely N-dealkylation sites (N-methyl/N-ethyl adjacent to an activating group) is 1. The predicted octanol–water partition coefficient (Wildman–Crippen LogP) is 13.8. The minimum absolute atomic E-state index is 0.0213. The molecule has 0 bridgehead atoms. The molecule has 0 aliphatic carbocycles. The highest BCUT2D eigenvalue weighted by Crippen LogP contribution is 2.35. The molecule has 38 heteroatoms. The molecule has 0 saturated carbocycles. The van der Waals surface area contributed by atoms with Crippen LogP contribution in [0.4, 0.5) is 0 Å². The number of tetrazole rings is 3. The van der Waals surface area contributed by atoms with E-state index in [9.17, 15) is 28.8 Å². The van der Waals surface area contributed by atoms with Crippen molar-refractivity contribution in [1.29, 1.82) is 0 Å². The fourth-order valence-electron chi connectivity index (χ4n) is 13.7.